The van der Waals surface area contributed by atoms with E-state index < -0.39 is 5.91 Å². The van der Waals surface area contributed by atoms with E-state index in [2.05, 4.69) is 19.2 Å². The quantitative estimate of drug-likeness (QED) is 0.682. The van der Waals surface area contributed by atoms with Crippen LogP contribution >= 0.6 is 0 Å². The van der Waals surface area contributed by atoms with Crippen LogP contribution in [0.1, 0.15) is 36.2 Å². The van der Waals surface area contributed by atoms with Gasteiger partial charge in [0.1, 0.15) is 0 Å². The van der Waals surface area contributed by atoms with Gasteiger partial charge in [0.25, 0.3) is 0 Å². The first-order valence-corrected chi connectivity index (χ1v) is 6.26. The van der Waals surface area contributed by atoms with Crippen LogP contribution in [0.2, 0.25) is 0 Å². The highest BCUT2D eigenvalue weighted by Gasteiger charge is 2.09. The van der Waals surface area contributed by atoms with Crippen LogP contribution in [0, 0.1) is 5.92 Å². The Hall–Kier alpha value is -1.39. The zero-order valence-electron chi connectivity index (χ0n) is 11.0. The van der Waals surface area contributed by atoms with Gasteiger partial charge in [0.2, 0.25) is 5.91 Å². The van der Waals surface area contributed by atoms with E-state index in [4.69, 9.17) is 5.73 Å². The number of rotatable bonds is 7. The number of carbonyl (C=O) groups is 1. The summed E-state index contributed by atoms with van der Waals surface area (Å²) in [5, 5.41) is 12.5. The maximum Gasteiger partial charge on any atom is 0.248 e. The number of benzene rings is 1. The molecule has 4 nitrogen and oxygen atoms in total. The van der Waals surface area contributed by atoms with Crippen molar-refractivity contribution in [1.82, 2.24) is 5.32 Å². The molecule has 1 rings (SSSR count). The molecular weight excluding hydrogens is 228 g/mol. The summed E-state index contributed by atoms with van der Waals surface area (Å²) in [4.78, 5) is 10.9. The lowest BCUT2D eigenvalue weighted by atomic mass is 10.0. The summed E-state index contributed by atoms with van der Waals surface area (Å²) < 4.78 is 0. The second-order valence-corrected chi connectivity index (χ2v) is 4.95. The summed E-state index contributed by atoms with van der Waals surface area (Å²) in [6, 6.07) is 7.29. The highest BCUT2D eigenvalue weighted by molar-refractivity contribution is 5.92. The third-order valence-electron chi connectivity index (χ3n) is 2.81. The SMILES string of the molecule is CC(C)C[C@@H](CO)NCc1ccc(C(N)=O)cc1. The normalized spacial score (nSPS) is 12.7. The molecule has 1 atom stereocenters. The molecular formula is C14H22N2O2. The van der Waals surface area contributed by atoms with Gasteiger partial charge in [0.15, 0.2) is 0 Å². The van der Waals surface area contributed by atoms with Crippen molar-refractivity contribution in [2.45, 2.75) is 32.9 Å². The van der Waals surface area contributed by atoms with Crippen LogP contribution in [0.4, 0.5) is 0 Å². The number of hydrogen-bond donors (Lipinski definition) is 3. The Balaban J connectivity index is 2.49. The maximum atomic E-state index is 10.9. The standard InChI is InChI=1S/C14H22N2O2/c1-10(2)7-13(9-17)16-8-11-3-5-12(6-4-11)14(15)18/h3-6,10,13,16-17H,7-9H2,1-2H3,(H2,15,18)/t13-/m0/s1. The molecule has 0 saturated heterocycles. The van der Waals surface area contributed by atoms with Crippen LogP contribution in [0.3, 0.4) is 0 Å². The molecule has 100 valence electrons. The van der Waals surface area contributed by atoms with Gasteiger partial charge in [0.05, 0.1) is 6.61 Å². The Bertz CT molecular complexity index is 374. The number of primary amides is 1. The van der Waals surface area contributed by atoms with Gasteiger partial charge in [-0.25, -0.2) is 0 Å². The molecule has 0 aliphatic heterocycles. The molecule has 1 aromatic rings. The van der Waals surface area contributed by atoms with Crippen molar-refractivity contribution < 1.29 is 9.90 Å². The van der Waals surface area contributed by atoms with Gasteiger partial charge >= 0.3 is 0 Å². The molecule has 4 heteroatoms. The average Bonchev–Trinajstić information content (AvgIpc) is 2.34. The predicted molar refractivity (Wildman–Crippen MR) is 72.1 cm³/mol. The molecule has 0 radical (unpaired) electrons. The Kier molecular flexibility index (Phi) is 5.82. The molecule has 4 N–H and O–H groups in total. The van der Waals surface area contributed by atoms with E-state index in [1.807, 2.05) is 12.1 Å². The lowest BCUT2D eigenvalue weighted by Crippen LogP contribution is -2.33. The summed E-state index contributed by atoms with van der Waals surface area (Å²) >= 11 is 0. The molecule has 1 aromatic carbocycles. The summed E-state index contributed by atoms with van der Waals surface area (Å²) in [5.74, 6) is 0.134. The largest absolute Gasteiger partial charge is 0.395 e. The third-order valence-corrected chi connectivity index (χ3v) is 2.81. The molecule has 0 bridgehead atoms. The molecule has 0 fully saturated rings. The van der Waals surface area contributed by atoms with E-state index in [0.29, 0.717) is 18.0 Å². The molecule has 0 heterocycles. The van der Waals surface area contributed by atoms with Crippen molar-refractivity contribution in [3.63, 3.8) is 0 Å². The Labute approximate surface area is 108 Å². The fraction of sp³-hybridized carbons (Fsp3) is 0.500. The number of nitrogens with two attached hydrogens (primary N) is 1. The number of nitrogens with one attached hydrogen (secondary N) is 1. The van der Waals surface area contributed by atoms with Crippen molar-refractivity contribution >= 4 is 5.91 Å². The lowest BCUT2D eigenvalue weighted by Gasteiger charge is -2.18. The van der Waals surface area contributed by atoms with Gasteiger partial charge in [-0.1, -0.05) is 26.0 Å². The van der Waals surface area contributed by atoms with Crippen molar-refractivity contribution in [2.24, 2.45) is 11.7 Å². The molecule has 0 aliphatic rings. The minimum atomic E-state index is -0.414. The summed E-state index contributed by atoms with van der Waals surface area (Å²) in [6.45, 7) is 5.08. The van der Waals surface area contributed by atoms with E-state index in [-0.39, 0.29) is 12.6 Å². The number of aliphatic hydroxyl groups is 1. The first-order chi connectivity index (χ1) is 8.52. The van der Waals surface area contributed by atoms with Crippen molar-refractivity contribution in [3.05, 3.63) is 35.4 Å². The zero-order valence-corrected chi connectivity index (χ0v) is 11.0. The van der Waals surface area contributed by atoms with E-state index >= 15 is 0 Å². The zero-order chi connectivity index (χ0) is 13.5. The van der Waals surface area contributed by atoms with Crippen LogP contribution in [0.15, 0.2) is 24.3 Å². The molecule has 1 amide bonds. The number of aliphatic hydroxyl groups excluding tert-OH is 1. The van der Waals surface area contributed by atoms with Crippen molar-refractivity contribution in [3.8, 4) is 0 Å². The Morgan fingerprint density at radius 1 is 1.33 bits per heavy atom. The fourth-order valence-corrected chi connectivity index (χ4v) is 1.84. The minimum absolute atomic E-state index is 0.112. The van der Waals surface area contributed by atoms with Crippen LogP contribution in [0.25, 0.3) is 0 Å². The summed E-state index contributed by atoms with van der Waals surface area (Å²) in [5.41, 5.74) is 6.76. The van der Waals surface area contributed by atoms with E-state index in [1.165, 1.54) is 0 Å². The van der Waals surface area contributed by atoms with Crippen LogP contribution in [-0.4, -0.2) is 23.7 Å². The van der Waals surface area contributed by atoms with E-state index in [1.54, 1.807) is 12.1 Å². The molecule has 0 aliphatic carbocycles. The molecule has 0 aromatic heterocycles. The van der Waals surface area contributed by atoms with Gasteiger partial charge in [-0.2, -0.15) is 0 Å². The molecule has 18 heavy (non-hydrogen) atoms. The van der Waals surface area contributed by atoms with E-state index in [9.17, 15) is 9.90 Å². The second kappa shape index (κ2) is 7.13. The predicted octanol–water partition coefficient (Wildman–Crippen LogP) is 1.28. The summed E-state index contributed by atoms with van der Waals surface area (Å²) in [6.07, 6.45) is 0.940. The minimum Gasteiger partial charge on any atom is -0.395 e. The highest BCUT2D eigenvalue weighted by atomic mass is 16.3. The monoisotopic (exact) mass is 250 g/mol. The van der Waals surface area contributed by atoms with Gasteiger partial charge < -0.3 is 16.2 Å². The topological polar surface area (TPSA) is 75.3 Å². The first kappa shape index (κ1) is 14.7. The van der Waals surface area contributed by atoms with Crippen LogP contribution in [-0.2, 0) is 6.54 Å². The number of amides is 1. The lowest BCUT2D eigenvalue weighted by molar-refractivity contribution is 0.100. The second-order valence-electron chi connectivity index (χ2n) is 4.95. The Morgan fingerprint density at radius 2 is 1.94 bits per heavy atom. The first-order valence-electron chi connectivity index (χ1n) is 6.26. The average molecular weight is 250 g/mol. The van der Waals surface area contributed by atoms with Gasteiger partial charge in [-0.15, -0.1) is 0 Å². The van der Waals surface area contributed by atoms with Gasteiger partial charge in [-0.05, 0) is 30.0 Å². The van der Waals surface area contributed by atoms with E-state index in [0.717, 1.165) is 12.0 Å². The van der Waals surface area contributed by atoms with Gasteiger partial charge in [0, 0.05) is 18.2 Å². The Morgan fingerprint density at radius 3 is 2.39 bits per heavy atom. The molecule has 0 spiro atoms. The number of carbonyl (C=O) groups excluding carboxylic acids is 1. The number of hydrogen-bond acceptors (Lipinski definition) is 3. The third kappa shape index (κ3) is 4.85. The molecule has 0 saturated carbocycles. The smallest absolute Gasteiger partial charge is 0.248 e. The molecule has 0 unspecified atom stereocenters. The fourth-order valence-electron chi connectivity index (χ4n) is 1.84. The van der Waals surface area contributed by atoms with Crippen molar-refractivity contribution in [1.29, 1.82) is 0 Å². The van der Waals surface area contributed by atoms with Gasteiger partial charge in [-0.3, -0.25) is 4.79 Å². The highest BCUT2D eigenvalue weighted by Crippen LogP contribution is 2.07. The van der Waals surface area contributed by atoms with Crippen molar-refractivity contribution in [2.75, 3.05) is 6.61 Å². The summed E-state index contributed by atoms with van der Waals surface area (Å²) in [7, 11) is 0. The maximum absolute atomic E-state index is 10.9. The van der Waals surface area contributed by atoms with Crippen LogP contribution in [0.5, 0.6) is 0 Å². The van der Waals surface area contributed by atoms with Crippen LogP contribution < -0.4 is 11.1 Å².